The second-order valence-electron chi connectivity index (χ2n) is 5.34. The van der Waals surface area contributed by atoms with Crippen molar-refractivity contribution in [2.45, 2.75) is 52.5 Å². The van der Waals surface area contributed by atoms with Gasteiger partial charge >= 0.3 is 0 Å². The molecule has 0 saturated carbocycles. The molecule has 0 aromatic heterocycles. The van der Waals surface area contributed by atoms with Gasteiger partial charge in [0, 0.05) is 22.7 Å². The van der Waals surface area contributed by atoms with Gasteiger partial charge in [0.1, 0.15) is 0 Å². The Morgan fingerprint density at radius 3 is 2.67 bits per heavy atom. The van der Waals surface area contributed by atoms with Crippen molar-refractivity contribution >= 4 is 11.6 Å². The van der Waals surface area contributed by atoms with E-state index in [1.165, 1.54) is 11.1 Å². The van der Waals surface area contributed by atoms with Gasteiger partial charge in [0.15, 0.2) is 11.5 Å². The van der Waals surface area contributed by atoms with Crippen LogP contribution in [0.1, 0.15) is 57.2 Å². The summed E-state index contributed by atoms with van der Waals surface area (Å²) in [5.74, 6) is 1.65. The maximum Gasteiger partial charge on any atom is 0.166 e. The summed E-state index contributed by atoms with van der Waals surface area (Å²) in [6.45, 7) is 8.43. The first-order chi connectivity index (χ1) is 10.2. The van der Waals surface area contributed by atoms with E-state index in [9.17, 15) is 0 Å². The molecular weight excluding hydrogens is 286 g/mol. The van der Waals surface area contributed by atoms with E-state index >= 15 is 0 Å². The minimum absolute atomic E-state index is 0.313. The first kappa shape index (κ1) is 16.4. The van der Waals surface area contributed by atoms with Gasteiger partial charge in [0.25, 0.3) is 0 Å². The van der Waals surface area contributed by atoms with Crippen molar-refractivity contribution < 1.29 is 9.47 Å². The van der Waals surface area contributed by atoms with Gasteiger partial charge in [0.05, 0.1) is 13.2 Å². The quantitative estimate of drug-likeness (QED) is 0.803. The third-order valence-corrected chi connectivity index (χ3v) is 4.17. The summed E-state index contributed by atoms with van der Waals surface area (Å²) in [6.07, 6.45) is 4.42. The normalized spacial score (nSPS) is 17.4. The molecule has 1 aromatic rings. The average molecular weight is 312 g/mol. The van der Waals surface area contributed by atoms with E-state index in [0.717, 1.165) is 48.7 Å². The minimum Gasteiger partial charge on any atom is -0.490 e. The molecular formula is C17H26ClNO2. The number of ether oxygens (including phenoxy) is 2. The van der Waals surface area contributed by atoms with Crippen LogP contribution in [0.15, 0.2) is 6.07 Å². The highest BCUT2D eigenvalue weighted by Gasteiger charge is 2.28. The lowest BCUT2D eigenvalue weighted by Gasteiger charge is -2.30. The number of rotatable bonds is 7. The molecule has 1 aliphatic carbocycles. The second-order valence-corrected chi connectivity index (χ2v) is 5.75. The Labute approximate surface area is 133 Å². The maximum absolute atomic E-state index is 6.49. The summed E-state index contributed by atoms with van der Waals surface area (Å²) in [6, 6.07) is 2.23. The van der Waals surface area contributed by atoms with Crippen LogP contribution in [-0.2, 0) is 6.42 Å². The maximum atomic E-state index is 6.49. The first-order valence-corrected chi connectivity index (χ1v) is 8.44. The smallest absolute Gasteiger partial charge is 0.166 e. The number of halogens is 1. The molecule has 0 heterocycles. The molecule has 3 nitrogen and oxygen atoms in total. The Bertz CT molecular complexity index is 476. The van der Waals surface area contributed by atoms with Gasteiger partial charge in [-0.15, -0.1) is 0 Å². The minimum atomic E-state index is 0.313. The van der Waals surface area contributed by atoms with Gasteiger partial charge in [-0.05, 0) is 51.6 Å². The molecule has 4 heteroatoms. The molecule has 0 saturated heterocycles. The molecule has 1 atom stereocenters. The lowest BCUT2D eigenvalue weighted by Crippen LogP contribution is -2.27. The number of hydrogen-bond donors (Lipinski definition) is 1. The zero-order valence-electron chi connectivity index (χ0n) is 13.3. The molecule has 1 unspecified atom stereocenters. The lowest BCUT2D eigenvalue weighted by atomic mass is 9.86. The number of nitrogens with one attached hydrogen (secondary N) is 1. The van der Waals surface area contributed by atoms with Crippen LogP contribution in [0, 0.1) is 0 Å². The summed E-state index contributed by atoms with van der Waals surface area (Å²) in [5, 5.41) is 4.43. The molecule has 0 spiro atoms. The van der Waals surface area contributed by atoms with Gasteiger partial charge in [-0.25, -0.2) is 0 Å². The summed E-state index contributed by atoms with van der Waals surface area (Å²) in [4.78, 5) is 0. The summed E-state index contributed by atoms with van der Waals surface area (Å²) >= 11 is 6.49. The fourth-order valence-electron chi connectivity index (χ4n) is 2.99. The van der Waals surface area contributed by atoms with Crippen molar-refractivity contribution in [2.75, 3.05) is 19.8 Å². The van der Waals surface area contributed by atoms with Crippen LogP contribution in [0.5, 0.6) is 11.5 Å². The first-order valence-electron chi connectivity index (χ1n) is 8.07. The van der Waals surface area contributed by atoms with E-state index < -0.39 is 0 Å². The summed E-state index contributed by atoms with van der Waals surface area (Å²) in [7, 11) is 0. The molecule has 1 aromatic carbocycles. The van der Waals surface area contributed by atoms with Crippen LogP contribution in [0.2, 0.25) is 5.02 Å². The molecule has 1 aliphatic rings. The van der Waals surface area contributed by atoms with E-state index in [4.69, 9.17) is 21.1 Å². The van der Waals surface area contributed by atoms with Gasteiger partial charge < -0.3 is 14.8 Å². The van der Waals surface area contributed by atoms with Gasteiger partial charge in [0.2, 0.25) is 0 Å². The third kappa shape index (κ3) is 3.64. The SMILES string of the molecule is CCCNC1CCCc2c(Cl)cc(OCC)c(OCC)c21. The predicted molar refractivity (Wildman–Crippen MR) is 87.8 cm³/mol. The molecule has 21 heavy (non-hydrogen) atoms. The molecule has 0 amide bonds. The number of benzene rings is 1. The van der Waals surface area contributed by atoms with Gasteiger partial charge in [-0.3, -0.25) is 0 Å². The highest BCUT2D eigenvalue weighted by atomic mass is 35.5. The molecule has 1 N–H and O–H groups in total. The van der Waals surface area contributed by atoms with Crippen LogP contribution in [0.25, 0.3) is 0 Å². The summed E-state index contributed by atoms with van der Waals surface area (Å²) in [5.41, 5.74) is 2.44. The van der Waals surface area contributed by atoms with Gasteiger partial charge in [-0.2, -0.15) is 0 Å². The van der Waals surface area contributed by atoms with Crippen LogP contribution >= 0.6 is 11.6 Å². The Morgan fingerprint density at radius 1 is 1.24 bits per heavy atom. The van der Waals surface area contributed by atoms with Crippen LogP contribution in [-0.4, -0.2) is 19.8 Å². The highest BCUT2D eigenvalue weighted by molar-refractivity contribution is 6.31. The zero-order valence-corrected chi connectivity index (χ0v) is 14.1. The molecule has 0 bridgehead atoms. The van der Waals surface area contributed by atoms with Crippen LogP contribution < -0.4 is 14.8 Å². The molecule has 2 rings (SSSR count). The third-order valence-electron chi connectivity index (χ3n) is 3.84. The Kier molecular flexibility index (Phi) is 6.19. The average Bonchev–Trinajstić information content (AvgIpc) is 2.49. The van der Waals surface area contributed by atoms with E-state index in [1.54, 1.807) is 0 Å². The van der Waals surface area contributed by atoms with Crippen molar-refractivity contribution in [3.63, 3.8) is 0 Å². The van der Waals surface area contributed by atoms with Crippen LogP contribution in [0.3, 0.4) is 0 Å². The monoisotopic (exact) mass is 311 g/mol. The van der Waals surface area contributed by atoms with E-state index in [0.29, 0.717) is 19.3 Å². The Morgan fingerprint density at radius 2 is 2.00 bits per heavy atom. The van der Waals surface area contributed by atoms with Crippen molar-refractivity contribution in [2.24, 2.45) is 0 Å². The van der Waals surface area contributed by atoms with Crippen LogP contribution in [0.4, 0.5) is 0 Å². The van der Waals surface area contributed by atoms with E-state index in [-0.39, 0.29) is 0 Å². The fourth-order valence-corrected chi connectivity index (χ4v) is 3.29. The van der Waals surface area contributed by atoms with Crippen molar-refractivity contribution in [3.8, 4) is 11.5 Å². The Balaban J connectivity index is 2.48. The topological polar surface area (TPSA) is 30.5 Å². The number of hydrogen-bond acceptors (Lipinski definition) is 3. The predicted octanol–water partition coefficient (Wildman–Crippen LogP) is 4.51. The second kappa shape index (κ2) is 7.90. The van der Waals surface area contributed by atoms with Crippen molar-refractivity contribution in [3.05, 3.63) is 22.2 Å². The largest absolute Gasteiger partial charge is 0.490 e. The number of fused-ring (bicyclic) bond motifs is 1. The zero-order chi connectivity index (χ0) is 15.2. The van der Waals surface area contributed by atoms with E-state index in [1.807, 2.05) is 19.9 Å². The molecule has 0 fully saturated rings. The van der Waals surface area contributed by atoms with Crippen molar-refractivity contribution in [1.82, 2.24) is 5.32 Å². The lowest BCUT2D eigenvalue weighted by molar-refractivity contribution is 0.279. The highest BCUT2D eigenvalue weighted by Crippen LogP contribution is 2.45. The van der Waals surface area contributed by atoms with Gasteiger partial charge in [-0.1, -0.05) is 18.5 Å². The molecule has 0 radical (unpaired) electrons. The summed E-state index contributed by atoms with van der Waals surface area (Å²) < 4.78 is 11.7. The molecule has 0 aliphatic heterocycles. The standard InChI is InChI=1S/C17H26ClNO2/c1-4-10-19-14-9-7-8-12-13(18)11-15(20-5-2)17(16(12)14)21-6-3/h11,14,19H,4-10H2,1-3H3. The fraction of sp³-hybridized carbons (Fsp3) is 0.647. The molecule has 118 valence electrons. The van der Waals surface area contributed by atoms with Crippen molar-refractivity contribution in [1.29, 1.82) is 0 Å². The van der Waals surface area contributed by atoms with E-state index in [2.05, 4.69) is 12.2 Å². The Hall–Kier alpha value is -0.930.